The quantitative estimate of drug-likeness (QED) is 0.0596. The Morgan fingerprint density at radius 2 is 0.506 bits per heavy atom. The van der Waals surface area contributed by atoms with Crippen molar-refractivity contribution in [1.82, 2.24) is 0 Å². The molecule has 0 aromatic carbocycles. The molecule has 0 aliphatic heterocycles. The summed E-state index contributed by atoms with van der Waals surface area (Å²) in [6.45, 7) is 7.06. The number of ether oxygens (including phenoxy) is 1. The van der Waals surface area contributed by atoms with Crippen LogP contribution in [0.2, 0.25) is 0 Å². The van der Waals surface area contributed by atoms with Gasteiger partial charge in [-0.25, -0.2) is 0 Å². The summed E-state index contributed by atoms with van der Waals surface area (Å²) < 4.78 is 5.98. The molecular formula is C85H168O4. The average molecular weight is 1250 g/mol. The fraction of sp³-hybridized carbons (Fsp3) is 0.988. The molecule has 0 aromatic heterocycles. The van der Waals surface area contributed by atoms with E-state index in [0.717, 1.165) is 37.5 Å². The predicted octanol–water partition coefficient (Wildman–Crippen LogP) is 29.9. The molecule has 1 aliphatic carbocycles. The summed E-state index contributed by atoms with van der Waals surface area (Å²) in [6.07, 6.45) is 102. The third-order valence-electron chi connectivity index (χ3n) is 22.1. The van der Waals surface area contributed by atoms with Gasteiger partial charge in [-0.1, -0.05) is 464 Å². The standard InChI is InChI=1S/C85H168O4/c1-5-7-9-11-13-15-17-19-21-23-24-25-26-27-28-32-39-45-51-57-63-69-75-82(85(87)88)83(86)76-70-64-58-52-46-40-33-29-31-37-43-49-55-61-67-73-80-78-81(80)74-68-62-56-50-44-38-34-35-41-47-53-59-65-71-77-84(89-4)79(3)72-66-60-54-48-42-36-30-22-20-18-16-14-12-10-8-6-2/h79-84,86H,5-78H2,1-4H3,(H,87,88)/t79-,80+,81?,82-,83-,84+/m1/s1. The Bertz CT molecular complexity index is 1330. The van der Waals surface area contributed by atoms with Crippen molar-refractivity contribution in [2.45, 2.75) is 508 Å². The maximum Gasteiger partial charge on any atom is 0.309 e. The zero-order chi connectivity index (χ0) is 64.1. The number of carboxylic acid groups (broad SMARTS) is 1. The lowest BCUT2D eigenvalue weighted by Crippen LogP contribution is -2.28. The monoisotopic (exact) mass is 1250 g/mol. The molecule has 1 rings (SSSR count). The molecule has 1 unspecified atom stereocenters. The average Bonchev–Trinajstić information content (AvgIpc) is 4.32. The minimum absolute atomic E-state index is 0.470. The number of hydrogen-bond donors (Lipinski definition) is 2. The van der Waals surface area contributed by atoms with Crippen LogP contribution in [0.1, 0.15) is 496 Å². The Morgan fingerprint density at radius 3 is 0.742 bits per heavy atom. The van der Waals surface area contributed by atoms with Gasteiger partial charge >= 0.3 is 5.97 Å². The fourth-order valence-electron chi connectivity index (χ4n) is 15.4. The van der Waals surface area contributed by atoms with Crippen molar-refractivity contribution >= 4 is 5.97 Å². The molecule has 0 aromatic rings. The highest BCUT2D eigenvalue weighted by Crippen LogP contribution is 2.46. The van der Waals surface area contributed by atoms with Crippen LogP contribution in [0.4, 0.5) is 0 Å². The SMILES string of the molecule is CCCCCCCCCCCCCCCCCCCCCCCC[C@@H](C(=O)O)[C@H](O)CCCCCCCCCCCCCCCCC[C@H]1CC1CCCCCCCCCCCCCCCC[C@H](OC)[C@H](C)CCCCCCCCCCCCCCCCCC. The molecule has 2 N–H and O–H groups in total. The number of carboxylic acids is 1. The number of aliphatic hydroxyl groups excluding tert-OH is 1. The summed E-state index contributed by atoms with van der Waals surface area (Å²) in [6, 6.07) is 0. The molecule has 89 heavy (non-hydrogen) atoms. The highest BCUT2D eigenvalue weighted by Gasteiger charge is 2.35. The molecule has 0 bridgehead atoms. The Balaban J connectivity index is 1.76. The molecule has 4 nitrogen and oxygen atoms in total. The smallest absolute Gasteiger partial charge is 0.309 e. The molecule has 0 saturated heterocycles. The van der Waals surface area contributed by atoms with Gasteiger partial charge in [-0.15, -0.1) is 0 Å². The van der Waals surface area contributed by atoms with E-state index in [4.69, 9.17) is 4.74 Å². The topological polar surface area (TPSA) is 66.8 Å². The predicted molar refractivity (Wildman–Crippen MR) is 397 cm³/mol. The van der Waals surface area contributed by atoms with E-state index in [1.807, 2.05) is 7.11 Å². The maximum atomic E-state index is 12.0. The van der Waals surface area contributed by atoms with E-state index in [0.29, 0.717) is 24.9 Å². The molecule has 0 amide bonds. The second-order valence-corrected chi connectivity index (χ2v) is 30.7. The lowest BCUT2D eigenvalue weighted by Gasteiger charge is -2.22. The van der Waals surface area contributed by atoms with Crippen LogP contribution in [-0.4, -0.2) is 35.5 Å². The maximum absolute atomic E-state index is 12.0. The summed E-state index contributed by atoms with van der Waals surface area (Å²) >= 11 is 0. The molecular weight excluding hydrogens is 1080 g/mol. The van der Waals surface area contributed by atoms with Crippen molar-refractivity contribution in [3.8, 4) is 0 Å². The van der Waals surface area contributed by atoms with Crippen LogP contribution >= 0.6 is 0 Å². The normalized spacial score (nSPS) is 15.5. The molecule has 1 fully saturated rings. The van der Waals surface area contributed by atoms with Gasteiger partial charge in [0.2, 0.25) is 0 Å². The first-order chi connectivity index (χ1) is 43.9. The zero-order valence-electron chi connectivity index (χ0n) is 62.0. The van der Waals surface area contributed by atoms with E-state index < -0.39 is 18.0 Å². The van der Waals surface area contributed by atoms with Gasteiger partial charge in [0, 0.05) is 7.11 Å². The number of aliphatic carboxylic acids is 1. The number of unbranched alkanes of at least 4 members (excludes halogenated alkanes) is 63. The summed E-state index contributed by atoms with van der Waals surface area (Å²) in [5, 5.41) is 20.6. The summed E-state index contributed by atoms with van der Waals surface area (Å²) in [4.78, 5) is 12.0. The van der Waals surface area contributed by atoms with Crippen LogP contribution in [0.5, 0.6) is 0 Å². The van der Waals surface area contributed by atoms with Crippen LogP contribution in [0.25, 0.3) is 0 Å². The largest absolute Gasteiger partial charge is 0.481 e. The van der Waals surface area contributed by atoms with Crippen molar-refractivity contribution in [3.05, 3.63) is 0 Å². The zero-order valence-corrected chi connectivity index (χ0v) is 62.0. The van der Waals surface area contributed by atoms with Crippen LogP contribution in [0.3, 0.4) is 0 Å². The second kappa shape index (κ2) is 71.7. The molecule has 4 heteroatoms. The van der Waals surface area contributed by atoms with Crippen molar-refractivity contribution in [3.63, 3.8) is 0 Å². The third kappa shape index (κ3) is 63.2. The molecule has 1 aliphatic rings. The highest BCUT2D eigenvalue weighted by atomic mass is 16.5. The van der Waals surface area contributed by atoms with Gasteiger partial charge in [-0.05, 0) is 49.9 Å². The number of rotatable bonds is 79. The van der Waals surface area contributed by atoms with Crippen molar-refractivity contribution in [2.24, 2.45) is 23.7 Å². The van der Waals surface area contributed by atoms with Crippen LogP contribution in [0.15, 0.2) is 0 Å². The molecule has 0 heterocycles. The van der Waals surface area contributed by atoms with Gasteiger partial charge in [0.1, 0.15) is 0 Å². The van der Waals surface area contributed by atoms with Crippen molar-refractivity contribution in [2.75, 3.05) is 7.11 Å². The van der Waals surface area contributed by atoms with Crippen molar-refractivity contribution in [1.29, 1.82) is 0 Å². The van der Waals surface area contributed by atoms with Gasteiger partial charge < -0.3 is 14.9 Å². The second-order valence-electron chi connectivity index (χ2n) is 30.7. The van der Waals surface area contributed by atoms with Crippen LogP contribution in [-0.2, 0) is 9.53 Å². The Labute approximate surface area is 561 Å². The van der Waals surface area contributed by atoms with Gasteiger partial charge in [0.25, 0.3) is 0 Å². The first kappa shape index (κ1) is 86.4. The first-order valence-electron chi connectivity index (χ1n) is 42.4. The number of aliphatic hydroxyl groups is 1. The Morgan fingerprint density at radius 1 is 0.303 bits per heavy atom. The lowest BCUT2D eigenvalue weighted by molar-refractivity contribution is -0.146. The Hall–Kier alpha value is -0.610. The Kier molecular flexibility index (Phi) is 69.6. The highest BCUT2D eigenvalue weighted by molar-refractivity contribution is 5.70. The van der Waals surface area contributed by atoms with E-state index >= 15 is 0 Å². The number of carbonyl (C=O) groups is 1. The molecule has 1 saturated carbocycles. The minimum Gasteiger partial charge on any atom is -0.481 e. The van der Waals surface area contributed by atoms with Gasteiger partial charge in [0.05, 0.1) is 18.1 Å². The van der Waals surface area contributed by atoms with Crippen LogP contribution in [0, 0.1) is 23.7 Å². The van der Waals surface area contributed by atoms with E-state index in [-0.39, 0.29) is 0 Å². The summed E-state index contributed by atoms with van der Waals surface area (Å²) in [7, 11) is 1.96. The van der Waals surface area contributed by atoms with Crippen molar-refractivity contribution < 1.29 is 19.7 Å². The van der Waals surface area contributed by atoms with Gasteiger partial charge in [0.15, 0.2) is 0 Å². The van der Waals surface area contributed by atoms with E-state index in [2.05, 4.69) is 20.8 Å². The van der Waals surface area contributed by atoms with Crippen LogP contribution < -0.4 is 0 Å². The van der Waals surface area contributed by atoms with E-state index in [1.165, 1.54) is 430 Å². The number of hydrogen-bond acceptors (Lipinski definition) is 3. The minimum atomic E-state index is -0.798. The first-order valence-corrected chi connectivity index (χ1v) is 42.4. The van der Waals surface area contributed by atoms with E-state index in [1.54, 1.807) is 6.42 Å². The molecule has 532 valence electrons. The summed E-state index contributed by atoms with van der Waals surface area (Å²) in [5.74, 6) is 1.50. The molecule has 0 spiro atoms. The van der Waals surface area contributed by atoms with Gasteiger partial charge in [-0.3, -0.25) is 4.79 Å². The van der Waals surface area contributed by atoms with E-state index in [9.17, 15) is 15.0 Å². The summed E-state index contributed by atoms with van der Waals surface area (Å²) in [5.41, 5.74) is 0. The number of methoxy groups -OCH3 is 1. The molecule has 6 atom stereocenters. The lowest BCUT2D eigenvalue weighted by atomic mass is 9.91. The third-order valence-corrected chi connectivity index (χ3v) is 22.1. The van der Waals surface area contributed by atoms with Gasteiger partial charge in [-0.2, -0.15) is 0 Å². The molecule has 0 radical (unpaired) electrons. The fourth-order valence-corrected chi connectivity index (χ4v) is 15.4.